The van der Waals surface area contributed by atoms with Crippen molar-refractivity contribution in [2.75, 3.05) is 11.9 Å². The van der Waals surface area contributed by atoms with E-state index in [2.05, 4.69) is 26.3 Å². The maximum Gasteiger partial charge on any atom is 0.263 e. The van der Waals surface area contributed by atoms with Crippen LogP contribution in [0, 0.1) is 6.92 Å². The largest absolute Gasteiger partial charge is 0.360 e. The van der Waals surface area contributed by atoms with E-state index in [1.807, 2.05) is 66.9 Å². The summed E-state index contributed by atoms with van der Waals surface area (Å²) in [5.41, 5.74) is 3.71. The lowest BCUT2D eigenvalue weighted by Crippen LogP contribution is -2.26. The molecule has 1 saturated heterocycles. The molecule has 1 unspecified atom stereocenters. The van der Waals surface area contributed by atoms with Gasteiger partial charge in [0.2, 0.25) is 5.28 Å². The topological polar surface area (TPSA) is 86.9 Å². The first-order valence-electron chi connectivity index (χ1n) is 12.5. The van der Waals surface area contributed by atoms with Gasteiger partial charge in [-0.1, -0.05) is 36.4 Å². The number of ether oxygens (including phenoxy) is 1. The molecule has 1 aliphatic rings. The van der Waals surface area contributed by atoms with Gasteiger partial charge in [-0.2, -0.15) is 9.97 Å². The molecule has 9 heteroatoms. The second-order valence-corrected chi connectivity index (χ2v) is 9.78. The number of hydrogen-bond acceptors (Lipinski definition) is 6. The Morgan fingerprint density at radius 1 is 1.11 bits per heavy atom. The summed E-state index contributed by atoms with van der Waals surface area (Å²) in [5, 5.41) is 5.19. The summed E-state index contributed by atoms with van der Waals surface area (Å²) < 4.78 is 9.64. The number of nitrogens with one attached hydrogen (secondary N) is 1. The van der Waals surface area contributed by atoms with Gasteiger partial charge in [-0.3, -0.25) is 13.9 Å². The van der Waals surface area contributed by atoms with Crippen LogP contribution in [0.2, 0.25) is 5.28 Å². The molecule has 8 nitrogen and oxygen atoms in total. The highest BCUT2D eigenvalue weighted by atomic mass is 35.5. The molecule has 1 N–H and O–H groups in total. The molecular formula is C28H27ClN6O2. The average Bonchev–Trinajstić information content (AvgIpc) is 3.33. The molecule has 0 amide bonds. The van der Waals surface area contributed by atoms with E-state index in [1.54, 1.807) is 10.9 Å². The van der Waals surface area contributed by atoms with Crippen molar-refractivity contribution >= 4 is 39.4 Å². The van der Waals surface area contributed by atoms with Crippen molar-refractivity contribution in [1.29, 1.82) is 0 Å². The second kappa shape index (κ2) is 9.61. The monoisotopic (exact) mass is 514 g/mol. The summed E-state index contributed by atoms with van der Waals surface area (Å²) in [4.78, 5) is 27.4. The van der Waals surface area contributed by atoms with Gasteiger partial charge >= 0.3 is 0 Å². The Bertz CT molecular complexity index is 1660. The fourth-order valence-electron chi connectivity index (χ4n) is 5.14. The number of aromatic nitrogens is 5. The quantitative estimate of drug-likeness (QED) is 0.291. The van der Waals surface area contributed by atoms with Crippen molar-refractivity contribution in [2.45, 2.75) is 45.4 Å². The van der Waals surface area contributed by atoms with E-state index in [9.17, 15) is 4.79 Å². The van der Waals surface area contributed by atoms with Crippen LogP contribution in [0.25, 0.3) is 27.6 Å². The van der Waals surface area contributed by atoms with Crippen molar-refractivity contribution in [1.82, 2.24) is 24.1 Å². The molecule has 0 radical (unpaired) electrons. The molecule has 0 saturated carbocycles. The van der Waals surface area contributed by atoms with Gasteiger partial charge in [0.25, 0.3) is 5.56 Å². The SMILES string of the molecule is Cc1cccc2cc([C@H](C)Nc3nc(Cl)nc4c3ncn4C3CCCCO3)n(-c3ccccc3)c(=O)c12. The lowest BCUT2D eigenvalue weighted by Gasteiger charge is -2.24. The molecule has 2 aromatic carbocycles. The van der Waals surface area contributed by atoms with E-state index in [1.165, 1.54) is 0 Å². The molecule has 3 aromatic heterocycles. The molecule has 6 rings (SSSR count). The summed E-state index contributed by atoms with van der Waals surface area (Å²) in [6, 6.07) is 17.3. The summed E-state index contributed by atoms with van der Waals surface area (Å²) >= 11 is 6.37. The first-order chi connectivity index (χ1) is 18.0. The molecule has 0 spiro atoms. The van der Waals surface area contributed by atoms with Crippen molar-refractivity contribution in [3.63, 3.8) is 0 Å². The Morgan fingerprint density at radius 3 is 2.73 bits per heavy atom. The van der Waals surface area contributed by atoms with E-state index in [0.717, 1.165) is 41.6 Å². The highest BCUT2D eigenvalue weighted by Gasteiger charge is 2.23. The van der Waals surface area contributed by atoms with Crippen LogP contribution >= 0.6 is 11.6 Å². The molecule has 1 fully saturated rings. The zero-order valence-corrected chi connectivity index (χ0v) is 21.4. The molecule has 2 atom stereocenters. The summed E-state index contributed by atoms with van der Waals surface area (Å²) in [7, 11) is 0. The van der Waals surface area contributed by atoms with Crippen molar-refractivity contribution < 1.29 is 4.74 Å². The van der Waals surface area contributed by atoms with Crippen LogP contribution in [0.15, 0.2) is 65.7 Å². The highest BCUT2D eigenvalue weighted by molar-refractivity contribution is 6.28. The minimum Gasteiger partial charge on any atom is -0.360 e. The number of pyridine rings is 1. The van der Waals surface area contributed by atoms with Gasteiger partial charge in [-0.05, 0) is 73.9 Å². The van der Waals surface area contributed by atoms with Crippen LogP contribution in [0.3, 0.4) is 0 Å². The molecule has 1 aliphatic heterocycles. The number of para-hydroxylation sites is 1. The maximum atomic E-state index is 13.8. The third-order valence-corrected chi connectivity index (χ3v) is 7.12. The number of imidazole rings is 1. The molecule has 188 valence electrons. The number of fused-ring (bicyclic) bond motifs is 2. The minimum absolute atomic E-state index is 0.0601. The van der Waals surface area contributed by atoms with Gasteiger partial charge < -0.3 is 10.1 Å². The van der Waals surface area contributed by atoms with Crippen LogP contribution in [0.1, 0.15) is 49.7 Å². The van der Waals surface area contributed by atoms with Crippen LogP contribution in [0.4, 0.5) is 5.82 Å². The van der Waals surface area contributed by atoms with Crippen LogP contribution in [0.5, 0.6) is 0 Å². The zero-order chi connectivity index (χ0) is 25.5. The van der Waals surface area contributed by atoms with Gasteiger partial charge in [0, 0.05) is 18.0 Å². The molecule has 0 aliphatic carbocycles. The lowest BCUT2D eigenvalue weighted by molar-refractivity contribution is -0.0298. The number of halogens is 1. The Morgan fingerprint density at radius 2 is 1.95 bits per heavy atom. The average molecular weight is 515 g/mol. The zero-order valence-electron chi connectivity index (χ0n) is 20.7. The first-order valence-corrected chi connectivity index (χ1v) is 12.9. The number of nitrogens with zero attached hydrogens (tertiary/aromatic N) is 5. The summed E-state index contributed by atoms with van der Waals surface area (Å²) in [6.07, 6.45) is 4.65. The number of rotatable bonds is 5. The van der Waals surface area contributed by atoms with Crippen LogP contribution < -0.4 is 10.9 Å². The molecule has 5 aromatic rings. The van der Waals surface area contributed by atoms with Gasteiger partial charge in [0.15, 0.2) is 17.0 Å². The smallest absolute Gasteiger partial charge is 0.263 e. The van der Waals surface area contributed by atoms with Crippen LogP contribution in [-0.2, 0) is 4.74 Å². The van der Waals surface area contributed by atoms with Crippen molar-refractivity contribution in [2.24, 2.45) is 0 Å². The van der Waals surface area contributed by atoms with Crippen LogP contribution in [-0.4, -0.2) is 30.7 Å². The first kappa shape index (κ1) is 23.6. The Balaban J connectivity index is 1.47. The third-order valence-electron chi connectivity index (χ3n) is 6.95. The van der Waals surface area contributed by atoms with Crippen molar-refractivity contribution in [3.05, 3.63) is 87.8 Å². The number of benzene rings is 2. The number of anilines is 1. The van der Waals surface area contributed by atoms with Gasteiger partial charge in [-0.25, -0.2) is 4.98 Å². The van der Waals surface area contributed by atoms with E-state index in [0.29, 0.717) is 29.0 Å². The Labute approximate surface area is 218 Å². The van der Waals surface area contributed by atoms with E-state index in [-0.39, 0.29) is 23.1 Å². The molecule has 0 bridgehead atoms. The predicted octanol–water partition coefficient (Wildman–Crippen LogP) is 5.96. The van der Waals surface area contributed by atoms with E-state index in [4.69, 9.17) is 16.3 Å². The lowest BCUT2D eigenvalue weighted by atomic mass is 10.0. The summed E-state index contributed by atoms with van der Waals surface area (Å²) in [6.45, 7) is 4.68. The van der Waals surface area contributed by atoms with E-state index < -0.39 is 0 Å². The molecular weight excluding hydrogens is 488 g/mol. The second-order valence-electron chi connectivity index (χ2n) is 9.44. The Hall–Kier alpha value is -3.75. The van der Waals surface area contributed by atoms with Crippen molar-refractivity contribution in [3.8, 4) is 5.69 Å². The maximum absolute atomic E-state index is 13.8. The number of hydrogen-bond donors (Lipinski definition) is 1. The third kappa shape index (κ3) is 4.26. The summed E-state index contributed by atoms with van der Waals surface area (Å²) in [5.74, 6) is 0.508. The van der Waals surface area contributed by atoms with E-state index >= 15 is 0 Å². The normalized spacial score (nSPS) is 16.8. The highest BCUT2D eigenvalue weighted by Crippen LogP contribution is 2.31. The standard InChI is InChI=1S/C28H27ClN6O2/c1-17-9-8-10-19-15-21(35(27(36)23(17)19)20-11-4-3-5-12-20)18(2)31-25-24-26(33-28(29)32-25)34(16-30-24)22-13-6-7-14-37-22/h3-5,8-12,15-16,18,22H,6-7,13-14H2,1-2H3,(H,31,32,33)/t18-,22?/m0/s1. The fraction of sp³-hybridized carbons (Fsp3) is 0.286. The predicted molar refractivity (Wildman–Crippen MR) is 145 cm³/mol. The van der Waals surface area contributed by atoms with Gasteiger partial charge in [0.1, 0.15) is 6.23 Å². The van der Waals surface area contributed by atoms with Gasteiger partial charge in [-0.15, -0.1) is 0 Å². The molecule has 37 heavy (non-hydrogen) atoms. The fourth-order valence-corrected chi connectivity index (χ4v) is 5.31. The minimum atomic E-state index is -0.303. The Kier molecular flexibility index (Phi) is 6.14. The van der Waals surface area contributed by atoms with Gasteiger partial charge in [0.05, 0.1) is 17.8 Å². The number of aryl methyl sites for hydroxylation is 1. The molecule has 4 heterocycles.